The summed E-state index contributed by atoms with van der Waals surface area (Å²) in [6, 6.07) is 3.74. The fourth-order valence-electron chi connectivity index (χ4n) is 2.96. The summed E-state index contributed by atoms with van der Waals surface area (Å²) >= 11 is 0. The first-order chi connectivity index (χ1) is 16.1. The zero-order valence-corrected chi connectivity index (χ0v) is 20.7. The number of nitrogens with zero attached hydrogens (tertiary/aromatic N) is 3. The van der Waals surface area contributed by atoms with E-state index in [4.69, 9.17) is 0 Å². The minimum absolute atomic E-state index is 0.00850. The number of rotatable bonds is 10. The second-order valence-corrected chi connectivity index (χ2v) is 8.18. The third-order valence-corrected chi connectivity index (χ3v) is 5.57. The second-order valence-electron chi connectivity index (χ2n) is 6.89. The Bertz CT molecular complexity index is 1090. The van der Waals surface area contributed by atoms with Crippen LogP contribution in [-0.2, 0) is 22.3 Å². The van der Waals surface area contributed by atoms with Crippen molar-refractivity contribution < 1.29 is 27.0 Å². The predicted octanol–water partition coefficient (Wildman–Crippen LogP) is 1.85. The average molecular weight is 505 g/mol. The Morgan fingerprint density at radius 2 is 1.82 bits per heavy atom. The SMILES string of the molecule is CC.CNC(=O)c1nc2cc(C)c(C)cc2n(CCNCCCNS(=O)C(F)(F)F)c1=NC=O. The maximum atomic E-state index is 12.3. The first-order valence-corrected chi connectivity index (χ1v) is 11.9. The summed E-state index contributed by atoms with van der Waals surface area (Å²) in [6.45, 7) is 8.85. The monoisotopic (exact) mass is 504 g/mol. The number of carbonyl (C=O) groups is 2. The zero-order chi connectivity index (χ0) is 25.9. The van der Waals surface area contributed by atoms with Gasteiger partial charge < -0.3 is 15.2 Å². The lowest BCUT2D eigenvalue weighted by Crippen LogP contribution is -2.36. The number of carbonyl (C=O) groups excluding carboxylic acids is 2. The molecule has 0 saturated heterocycles. The molecule has 0 fully saturated rings. The van der Waals surface area contributed by atoms with Crippen LogP contribution in [0.2, 0.25) is 0 Å². The van der Waals surface area contributed by atoms with Crippen molar-refractivity contribution >= 4 is 34.3 Å². The maximum Gasteiger partial charge on any atom is 0.485 e. The standard InChI is InChI=1S/C19H25F3N6O3S.C2H6/c1-12-9-14-15(10-13(12)2)28(17(25-11-29)16(27-14)18(30)23-3)8-7-24-5-4-6-26-32(31)19(20,21)22;1-2/h9-11,24,26H,4-8H2,1-3H3,(H,23,30);1-2H3. The van der Waals surface area contributed by atoms with Crippen LogP contribution in [0.1, 0.15) is 41.9 Å². The lowest BCUT2D eigenvalue weighted by molar-refractivity contribution is -0.107. The summed E-state index contributed by atoms with van der Waals surface area (Å²) in [5.74, 6) is -0.490. The van der Waals surface area contributed by atoms with Gasteiger partial charge in [-0.25, -0.2) is 13.9 Å². The van der Waals surface area contributed by atoms with Crippen molar-refractivity contribution in [2.75, 3.05) is 26.7 Å². The van der Waals surface area contributed by atoms with Crippen molar-refractivity contribution in [3.8, 4) is 0 Å². The van der Waals surface area contributed by atoms with Gasteiger partial charge in [0.2, 0.25) is 6.41 Å². The Kier molecular flexibility index (Phi) is 12.0. The molecule has 2 rings (SSSR count). The van der Waals surface area contributed by atoms with Gasteiger partial charge in [-0.15, -0.1) is 0 Å². The Labute approximate surface area is 198 Å². The normalized spacial score (nSPS) is 12.8. The van der Waals surface area contributed by atoms with Crippen molar-refractivity contribution in [3.05, 3.63) is 34.4 Å². The van der Waals surface area contributed by atoms with E-state index in [-0.39, 0.29) is 17.7 Å². The van der Waals surface area contributed by atoms with Gasteiger partial charge >= 0.3 is 5.51 Å². The predicted molar refractivity (Wildman–Crippen MR) is 125 cm³/mol. The summed E-state index contributed by atoms with van der Waals surface area (Å²) < 4.78 is 51.2. The molecule has 34 heavy (non-hydrogen) atoms. The van der Waals surface area contributed by atoms with Crippen LogP contribution in [0.5, 0.6) is 0 Å². The molecule has 0 spiro atoms. The number of benzene rings is 1. The fraction of sp³-hybridized carbons (Fsp3) is 0.524. The molecule has 13 heteroatoms. The van der Waals surface area contributed by atoms with Crippen LogP contribution >= 0.6 is 0 Å². The van der Waals surface area contributed by atoms with Gasteiger partial charge in [-0.2, -0.15) is 18.2 Å². The molecular formula is C21H31F3N6O3S. The molecule has 0 saturated carbocycles. The maximum absolute atomic E-state index is 12.3. The molecule has 190 valence electrons. The van der Waals surface area contributed by atoms with E-state index in [0.717, 1.165) is 11.1 Å². The third kappa shape index (κ3) is 7.99. The molecule has 1 heterocycles. The van der Waals surface area contributed by atoms with Crippen LogP contribution in [-0.4, -0.2) is 58.3 Å². The molecule has 2 amide bonds. The molecule has 1 aromatic carbocycles. The first kappa shape index (κ1) is 29.4. The minimum atomic E-state index is -4.79. The highest BCUT2D eigenvalue weighted by atomic mass is 32.2. The molecule has 0 bridgehead atoms. The van der Waals surface area contributed by atoms with Crippen LogP contribution < -0.4 is 20.8 Å². The van der Waals surface area contributed by atoms with E-state index in [1.165, 1.54) is 7.05 Å². The van der Waals surface area contributed by atoms with Crippen LogP contribution in [0, 0.1) is 13.8 Å². The summed E-state index contributed by atoms with van der Waals surface area (Å²) in [7, 11) is -1.63. The topological polar surface area (TPSA) is 117 Å². The Hall–Kier alpha value is -2.64. The van der Waals surface area contributed by atoms with Gasteiger partial charge in [-0.1, -0.05) is 13.8 Å². The number of nitrogens with one attached hydrogen (secondary N) is 3. The van der Waals surface area contributed by atoms with Crippen LogP contribution in [0.3, 0.4) is 0 Å². The number of halogens is 3. The van der Waals surface area contributed by atoms with Gasteiger partial charge in [0.15, 0.2) is 22.2 Å². The van der Waals surface area contributed by atoms with Gasteiger partial charge in [-0.3, -0.25) is 9.59 Å². The number of fused-ring (bicyclic) bond motifs is 1. The Morgan fingerprint density at radius 1 is 1.18 bits per heavy atom. The summed E-state index contributed by atoms with van der Waals surface area (Å²) in [6.07, 6.45) is 0.656. The summed E-state index contributed by atoms with van der Waals surface area (Å²) in [4.78, 5) is 31.7. The van der Waals surface area contributed by atoms with E-state index >= 15 is 0 Å². The quantitative estimate of drug-likeness (QED) is 0.337. The van der Waals surface area contributed by atoms with Crippen LogP contribution in [0.25, 0.3) is 11.0 Å². The minimum Gasteiger partial charge on any atom is -0.354 e. The van der Waals surface area contributed by atoms with Crippen LogP contribution in [0.4, 0.5) is 13.2 Å². The number of aromatic nitrogens is 2. The molecular weight excluding hydrogens is 473 g/mol. The highest BCUT2D eigenvalue weighted by Crippen LogP contribution is 2.18. The van der Waals surface area contributed by atoms with E-state index in [9.17, 15) is 27.0 Å². The zero-order valence-electron chi connectivity index (χ0n) is 19.9. The van der Waals surface area contributed by atoms with E-state index in [2.05, 4.69) is 20.6 Å². The molecule has 3 N–H and O–H groups in total. The molecule has 2 aromatic rings. The average Bonchev–Trinajstić information content (AvgIpc) is 2.80. The van der Waals surface area contributed by atoms with Gasteiger partial charge in [0.25, 0.3) is 5.91 Å². The molecule has 1 unspecified atom stereocenters. The van der Waals surface area contributed by atoms with Crippen molar-refractivity contribution in [1.29, 1.82) is 0 Å². The van der Waals surface area contributed by atoms with E-state index in [1.54, 1.807) is 4.57 Å². The first-order valence-electron chi connectivity index (χ1n) is 10.7. The lowest BCUT2D eigenvalue weighted by Gasteiger charge is -2.16. The van der Waals surface area contributed by atoms with Gasteiger partial charge in [-0.05, 0) is 50.1 Å². The van der Waals surface area contributed by atoms with Crippen molar-refractivity contribution in [1.82, 2.24) is 24.9 Å². The van der Waals surface area contributed by atoms with Crippen molar-refractivity contribution in [3.63, 3.8) is 0 Å². The highest BCUT2D eigenvalue weighted by Gasteiger charge is 2.36. The van der Waals surface area contributed by atoms with Crippen molar-refractivity contribution in [2.45, 2.75) is 46.2 Å². The number of hydrogen-bond acceptors (Lipinski definition) is 5. The number of aryl methyl sites for hydroxylation is 2. The molecule has 0 aliphatic rings. The molecule has 0 radical (unpaired) electrons. The smallest absolute Gasteiger partial charge is 0.354 e. The van der Waals surface area contributed by atoms with Crippen molar-refractivity contribution in [2.24, 2.45) is 4.99 Å². The largest absolute Gasteiger partial charge is 0.485 e. The number of hydrogen-bond donors (Lipinski definition) is 3. The van der Waals surface area contributed by atoms with E-state index in [0.29, 0.717) is 43.5 Å². The lowest BCUT2D eigenvalue weighted by atomic mass is 10.1. The highest BCUT2D eigenvalue weighted by molar-refractivity contribution is 7.83. The number of alkyl halides is 3. The van der Waals surface area contributed by atoms with E-state index in [1.807, 2.05) is 44.5 Å². The summed E-state index contributed by atoms with van der Waals surface area (Å²) in [5, 5.41) is 5.57. The third-order valence-electron chi connectivity index (χ3n) is 4.68. The fourth-order valence-corrected chi connectivity index (χ4v) is 3.45. The molecule has 1 aromatic heterocycles. The molecule has 9 nitrogen and oxygen atoms in total. The molecule has 1 atom stereocenters. The second kappa shape index (κ2) is 13.9. The Morgan fingerprint density at radius 3 is 2.41 bits per heavy atom. The Balaban J connectivity index is 0.00000281. The number of amides is 2. The van der Waals surface area contributed by atoms with Crippen LogP contribution in [0.15, 0.2) is 17.1 Å². The van der Waals surface area contributed by atoms with Gasteiger partial charge in [0.1, 0.15) is 0 Å². The van der Waals surface area contributed by atoms with Gasteiger partial charge in [0.05, 0.1) is 11.0 Å². The van der Waals surface area contributed by atoms with E-state index < -0.39 is 22.4 Å². The molecule has 0 aliphatic carbocycles. The summed E-state index contributed by atoms with van der Waals surface area (Å²) in [5.41, 5.74) is -1.44. The molecule has 0 aliphatic heterocycles. The van der Waals surface area contributed by atoms with Gasteiger partial charge in [0, 0.05) is 26.7 Å².